The zero-order chi connectivity index (χ0) is 27.6. The highest BCUT2D eigenvalue weighted by molar-refractivity contribution is 14.1. The van der Waals surface area contributed by atoms with E-state index in [9.17, 15) is 35.8 Å². The van der Waals surface area contributed by atoms with Crippen LogP contribution in [0.4, 0.5) is 36.4 Å². The van der Waals surface area contributed by atoms with Gasteiger partial charge in [0, 0.05) is 23.9 Å². The van der Waals surface area contributed by atoms with E-state index in [4.69, 9.17) is 4.74 Å². The van der Waals surface area contributed by atoms with Crippen LogP contribution in [0.15, 0.2) is 66.7 Å². The monoisotopic (exact) mass is 641 g/mol. The van der Waals surface area contributed by atoms with Crippen molar-refractivity contribution in [3.05, 3.63) is 89.2 Å². The van der Waals surface area contributed by atoms with Gasteiger partial charge in [0.15, 0.2) is 0 Å². The normalized spacial score (nSPS) is 13.9. The second kappa shape index (κ2) is 11.1. The van der Waals surface area contributed by atoms with Crippen LogP contribution in [0.2, 0.25) is 0 Å². The highest BCUT2D eigenvalue weighted by atomic mass is 127. The molecule has 37 heavy (non-hydrogen) atoms. The van der Waals surface area contributed by atoms with Gasteiger partial charge in [-0.3, -0.25) is 0 Å². The van der Waals surface area contributed by atoms with E-state index in [0.29, 0.717) is 11.8 Å². The molecule has 0 aliphatic heterocycles. The molecule has 3 aromatic rings. The van der Waals surface area contributed by atoms with Crippen LogP contribution in [0.3, 0.4) is 0 Å². The lowest BCUT2D eigenvalue weighted by Gasteiger charge is -2.33. The summed E-state index contributed by atoms with van der Waals surface area (Å²) in [5.41, 5.74) is -0.359. The summed E-state index contributed by atoms with van der Waals surface area (Å²) in [7, 11) is 0. The van der Waals surface area contributed by atoms with Crippen molar-refractivity contribution in [3.63, 3.8) is 0 Å². The molecule has 1 atom stereocenters. The Kier molecular flexibility index (Phi) is 8.68. The SMILES string of the molecule is CC(C)c1cccc(Oc2cccc(N(Cc3ccc(C(F)(F)F)cc3F)C[C@@](O)(I)C(F)(F)F)c2)c1. The molecule has 0 amide bonds. The Hall–Kier alpha value is -2.54. The number of benzene rings is 3. The third-order valence-corrected chi connectivity index (χ3v) is 6.47. The maximum atomic E-state index is 14.6. The highest BCUT2D eigenvalue weighted by Crippen LogP contribution is 2.39. The largest absolute Gasteiger partial charge is 0.457 e. The second-order valence-electron chi connectivity index (χ2n) is 8.74. The fourth-order valence-corrected chi connectivity index (χ4v) is 3.87. The lowest BCUT2D eigenvalue weighted by atomic mass is 10.0. The predicted molar refractivity (Wildman–Crippen MR) is 135 cm³/mol. The first-order chi connectivity index (χ1) is 17.1. The maximum absolute atomic E-state index is 14.6. The van der Waals surface area contributed by atoms with Gasteiger partial charge in [0.05, 0.1) is 12.1 Å². The standard InChI is InChI=1S/C26H23F7INO2/c1-16(2)17-5-3-7-21(11-17)37-22-8-4-6-20(13-22)35(15-24(34,36)26(31,32)33)14-18-9-10-19(12-23(18)27)25(28,29)30/h3-13,16,36H,14-15H2,1-2H3/t24-/m0/s1. The molecule has 3 nitrogen and oxygen atoms in total. The van der Waals surface area contributed by atoms with E-state index in [1.807, 2.05) is 26.0 Å². The van der Waals surface area contributed by atoms with E-state index in [0.717, 1.165) is 39.1 Å². The molecule has 11 heteroatoms. The minimum Gasteiger partial charge on any atom is -0.457 e. The van der Waals surface area contributed by atoms with E-state index in [2.05, 4.69) is 0 Å². The molecular formula is C26H23F7INO2. The van der Waals surface area contributed by atoms with Gasteiger partial charge >= 0.3 is 12.4 Å². The van der Waals surface area contributed by atoms with Crippen LogP contribution in [0.5, 0.6) is 11.5 Å². The minimum atomic E-state index is -5.03. The zero-order valence-electron chi connectivity index (χ0n) is 19.7. The van der Waals surface area contributed by atoms with Crippen molar-refractivity contribution in [2.75, 3.05) is 11.4 Å². The van der Waals surface area contributed by atoms with Crippen molar-refractivity contribution in [3.8, 4) is 11.5 Å². The van der Waals surface area contributed by atoms with Crippen LogP contribution in [0.1, 0.15) is 36.5 Å². The Morgan fingerprint density at radius 2 is 1.51 bits per heavy atom. The molecule has 0 aliphatic carbocycles. The first kappa shape index (κ1) is 29.0. The Balaban J connectivity index is 1.96. The first-order valence-electron chi connectivity index (χ1n) is 11.0. The molecule has 0 saturated carbocycles. The lowest BCUT2D eigenvalue weighted by molar-refractivity contribution is -0.208. The van der Waals surface area contributed by atoms with Gasteiger partial charge in [0.25, 0.3) is 0 Å². The van der Waals surface area contributed by atoms with Gasteiger partial charge in [-0.25, -0.2) is 4.39 Å². The van der Waals surface area contributed by atoms with Crippen molar-refractivity contribution in [2.24, 2.45) is 0 Å². The third kappa shape index (κ3) is 7.50. The Morgan fingerprint density at radius 3 is 2.08 bits per heavy atom. The van der Waals surface area contributed by atoms with Gasteiger partial charge in [0.2, 0.25) is 3.61 Å². The summed E-state index contributed by atoms with van der Waals surface area (Å²) in [4.78, 5) is 1.03. The number of nitrogens with zero attached hydrogens (tertiary/aromatic N) is 1. The van der Waals surface area contributed by atoms with E-state index < -0.39 is 40.4 Å². The van der Waals surface area contributed by atoms with Crippen molar-refractivity contribution in [1.82, 2.24) is 0 Å². The molecule has 3 rings (SSSR count). The summed E-state index contributed by atoms with van der Waals surface area (Å²) in [5.74, 6) is -0.251. The number of aliphatic hydroxyl groups is 1. The van der Waals surface area contributed by atoms with Gasteiger partial charge in [-0.1, -0.05) is 38.1 Å². The topological polar surface area (TPSA) is 32.7 Å². The van der Waals surface area contributed by atoms with E-state index in [1.165, 1.54) is 18.2 Å². The van der Waals surface area contributed by atoms with E-state index >= 15 is 0 Å². The van der Waals surface area contributed by atoms with Gasteiger partial charge < -0.3 is 14.7 Å². The van der Waals surface area contributed by atoms with Gasteiger partial charge in [-0.2, -0.15) is 26.3 Å². The van der Waals surface area contributed by atoms with Crippen LogP contribution in [0.25, 0.3) is 0 Å². The summed E-state index contributed by atoms with van der Waals surface area (Å²) >= 11 is 0.844. The highest BCUT2D eigenvalue weighted by Gasteiger charge is 2.53. The fourth-order valence-electron chi connectivity index (χ4n) is 3.46. The van der Waals surface area contributed by atoms with Crippen LogP contribution in [-0.2, 0) is 12.7 Å². The summed E-state index contributed by atoms with van der Waals surface area (Å²) in [5, 5.41) is 10.1. The van der Waals surface area contributed by atoms with Crippen molar-refractivity contribution in [1.29, 1.82) is 0 Å². The molecule has 0 fully saturated rings. The fraction of sp³-hybridized carbons (Fsp3) is 0.308. The summed E-state index contributed by atoms with van der Waals surface area (Å²) in [6.07, 6.45) is -9.81. The molecule has 1 N–H and O–H groups in total. The summed E-state index contributed by atoms with van der Waals surface area (Å²) < 4.78 is 96.4. The number of anilines is 1. The molecule has 0 heterocycles. The third-order valence-electron chi connectivity index (χ3n) is 5.52. The van der Waals surface area contributed by atoms with Crippen molar-refractivity contribution < 1.29 is 40.6 Å². The van der Waals surface area contributed by atoms with Crippen LogP contribution >= 0.6 is 22.6 Å². The minimum absolute atomic E-state index is 0.135. The lowest BCUT2D eigenvalue weighted by Crippen LogP contribution is -2.48. The molecule has 0 bridgehead atoms. The number of hydrogen-bond acceptors (Lipinski definition) is 3. The van der Waals surface area contributed by atoms with Gasteiger partial charge in [-0.05, 0) is 70.5 Å². The van der Waals surface area contributed by atoms with Gasteiger partial charge in [0.1, 0.15) is 17.3 Å². The number of ether oxygens (including phenoxy) is 1. The van der Waals surface area contributed by atoms with Crippen LogP contribution < -0.4 is 9.64 Å². The Bertz CT molecular complexity index is 1230. The number of rotatable bonds is 8. The predicted octanol–water partition coefficient (Wildman–Crippen LogP) is 8.45. The Morgan fingerprint density at radius 1 is 0.892 bits per heavy atom. The average molecular weight is 641 g/mol. The molecule has 0 unspecified atom stereocenters. The Labute approximate surface area is 223 Å². The van der Waals surface area contributed by atoms with E-state index in [-0.39, 0.29) is 29.0 Å². The van der Waals surface area contributed by atoms with Gasteiger partial charge in [-0.15, -0.1) is 0 Å². The molecule has 0 radical (unpaired) electrons. The smallest absolute Gasteiger partial charge is 0.428 e. The first-order valence-corrected chi connectivity index (χ1v) is 12.1. The van der Waals surface area contributed by atoms with Crippen molar-refractivity contribution >= 4 is 28.3 Å². The molecular weight excluding hydrogens is 618 g/mol. The quantitative estimate of drug-likeness (QED) is 0.152. The summed E-state index contributed by atoms with van der Waals surface area (Å²) in [6, 6.07) is 15.0. The molecule has 0 aromatic heterocycles. The zero-order valence-corrected chi connectivity index (χ0v) is 21.8. The molecule has 3 aromatic carbocycles. The molecule has 0 aliphatic rings. The summed E-state index contributed by atoms with van der Waals surface area (Å²) in [6.45, 7) is 2.44. The molecule has 0 saturated heterocycles. The second-order valence-corrected chi connectivity index (χ2v) is 10.5. The van der Waals surface area contributed by atoms with Crippen molar-refractivity contribution in [2.45, 2.75) is 42.3 Å². The number of halogens is 8. The van der Waals surface area contributed by atoms with Crippen LogP contribution in [-0.4, -0.2) is 21.4 Å². The maximum Gasteiger partial charge on any atom is 0.428 e. The number of alkyl halides is 7. The van der Waals surface area contributed by atoms with Crippen LogP contribution in [0, 0.1) is 5.82 Å². The average Bonchev–Trinajstić information content (AvgIpc) is 2.78. The molecule has 200 valence electrons. The molecule has 0 spiro atoms. The van der Waals surface area contributed by atoms with E-state index in [1.54, 1.807) is 18.2 Å². The number of hydrogen-bond donors (Lipinski definition) is 1.